The summed E-state index contributed by atoms with van der Waals surface area (Å²) >= 11 is 0.824. The molecule has 1 aliphatic heterocycles. The van der Waals surface area contributed by atoms with Gasteiger partial charge in [-0.05, 0) is 47.5 Å². The van der Waals surface area contributed by atoms with Gasteiger partial charge in [-0.1, -0.05) is 42.5 Å². The Bertz CT molecular complexity index is 882. The average Bonchev–Trinajstić information content (AvgIpc) is 2.92. The smallest absolute Gasteiger partial charge is 0.294 e. The van der Waals surface area contributed by atoms with Gasteiger partial charge in [0.2, 0.25) is 5.91 Å². The molecule has 1 N–H and O–H groups in total. The van der Waals surface area contributed by atoms with E-state index in [1.54, 1.807) is 18.2 Å². The van der Waals surface area contributed by atoms with Crippen LogP contribution in [0.25, 0.3) is 6.08 Å². The van der Waals surface area contributed by atoms with Crippen molar-refractivity contribution in [3.8, 4) is 0 Å². The third-order valence-corrected chi connectivity index (χ3v) is 4.83. The molecule has 1 saturated heterocycles. The van der Waals surface area contributed by atoms with Crippen LogP contribution in [0.15, 0.2) is 59.5 Å². The van der Waals surface area contributed by atoms with E-state index in [1.165, 1.54) is 12.1 Å². The Kier molecular flexibility index (Phi) is 6.03. The van der Waals surface area contributed by atoms with E-state index >= 15 is 0 Å². The summed E-state index contributed by atoms with van der Waals surface area (Å²) < 4.78 is 12.9. The monoisotopic (exact) mass is 384 g/mol. The van der Waals surface area contributed by atoms with Crippen molar-refractivity contribution in [2.75, 3.05) is 13.1 Å². The van der Waals surface area contributed by atoms with Gasteiger partial charge in [-0.15, -0.1) is 0 Å². The number of carbonyl (C=O) groups is 3. The van der Waals surface area contributed by atoms with E-state index in [4.69, 9.17) is 0 Å². The van der Waals surface area contributed by atoms with Gasteiger partial charge in [0.15, 0.2) is 0 Å². The Hall–Kier alpha value is -2.93. The predicted octanol–water partition coefficient (Wildman–Crippen LogP) is 3.22. The Balaban J connectivity index is 1.53. The molecule has 2 aromatic carbocycles. The summed E-state index contributed by atoms with van der Waals surface area (Å²) in [6.07, 6.45) is 2.17. The summed E-state index contributed by atoms with van der Waals surface area (Å²) in [4.78, 5) is 37.7. The molecule has 27 heavy (non-hydrogen) atoms. The number of thioether (sulfide) groups is 1. The minimum atomic E-state index is -0.470. The highest BCUT2D eigenvalue weighted by Gasteiger charge is 2.36. The number of halogens is 1. The number of rotatable bonds is 6. The second-order valence-corrected chi connectivity index (χ2v) is 6.90. The maximum atomic E-state index is 12.9. The number of carbonyl (C=O) groups excluding carboxylic acids is 3. The van der Waals surface area contributed by atoms with Crippen LogP contribution >= 0.6 is 11.8 Å². The van der Waals surface area contributed by atoms with Crippen molar-refractivity contribution in [3.63, 3.8) is 0 Å². The molecule has 7 heteroatoms. The van der Waals surface area contributed by atoms with Crippen LogP contribution in [0, 0.1) is 5.82 Å². The van der Waals surface area contributed by atoms with Crippen LogP contribution in [0.5, 0.6) is 0 Å². The zero-order valence-corrected chi connectivity index (χ0v) is 15.2. The van der Waals surface area contributed by atoms with Crippen molar-refractivity contribution < 1.29 is 18.8 Å². The molecule has 138 valence electrons. The minimum absolute atomic E-state index is 0.297. The zero-order valence-electron chi connectivity index (χ0n) is 14.4. The summed E-state index contributed by atoms with van der Waals surface area (Å²) in [5, 5.41) is 2.21. The molecule has 0 saturated carbocycles. The molecule has 0 aromatic heterocycles. The number of nitrogens with one attached hydrogen (secondary N) is 1. The van der Waals surface area contributed by atoms with E-state index in [-0.39, 0.29) is 12.4 Å². The van der Waals surface area contributed by atoms with Crippen molar-refractivity contribution in [3.05, 3.63) is 76.4 Å². The van der Waals surface area contributed by atoms with Gasteiger partial charge in [-0.3, -0.25) is 19.3 Å². The standard InChI is InChI=1S/C20H17FN2O3S/c21-16-8-6-14(7-9-16)10-11-22-18(24)13-23-19(25)17(27-20(23)26)12-15-4-2-1-3-5-15/h1-9,12H,10-11,13H2,(H,22,24)/b17-12+. The summed E-state index contributed by atoms with van der Waals surface area (Å²) in [5.41, 5.74) is 1.69. The second kappa shape index (κ2) is 8.64. The third kappa shape index (κ3) is 5.04. The van der Waals surface area contributed by atoms with Crippen molar-refractivity contribution in [1.29, 1.82) is 0 Å². The molecule has 0 bridgehead atoms. The lowest BCUT2D eigenvalue weighted by atomic mass is 10.1. The van der Waals surface area contributed by atoms with Crippen LogP contribution in [0.1, 0.15) is 11.1 Å². The van der Waals surface area contributed by atoms with Crippen LogP contribution in [0.3, 0.4) is 0 Å². The first-order valence-corrected chi connectivity index (χ1v) is 9.16. The lowest BCUT2D eigenvalue weighted by molar-refractivity contribution is -0.129. The molecular formula is C20H17FN2O3S. The average molecular weight is 384 g/mol. The fraction of sp³-hybridized carbons (Fsp3) is 0.150. The molecule has 1 aliphatic rings. The SMILES string of the molecule is O=C(CN1C(=O)S/C(=C/c2ccccc2)C1=O)NCCc1ccc(F)cc1. The van der Waals surface area contributed by atoms with Gasteiger partial charge in [0.1, 0.15) is 12.4 Å². The van der Waals surface area contributed by atoms with Crippen LogP contribution in [0.2, 0.25) is 0 Å². The highest BCUT2D eigenvalue weighted by Crippen LogP contribution is 2.31. The predicted molar refractivity (Wildman–Crippen MR) is 102 cm³/mol. The van der Waals surface area contributed by atoms with Crippen molar-refractivity contribution in [2.45, 2.75) is 6.42 Å². The molecule has 0 atom stereocenters. The number of benzene rings is 2. The number of hydrogen-bond acceptors (Lipinski definition) is 4. The quantitative estimate of drug-likeness (QED) is 0.777. The largest absolute Gasteiger partial charge is 0.354 e. The Labute approximate surface area is 160 Å². The van der Waals surface area contributed by atoms with Crippen LogP contribution in [0.4, 0.5) is 9.18 Å². The van der Waals surface area contributed by atoms with E-state index in [9.17, 15) is 18.8 Å². The van der Waals surface area contributed by atoms with Crippen LogP contribution in [-0.4, -0.2) is 35.0 Å². The third-order valence-electron chi connectivity index (χ3n) is 3.92. The summed E-state index contributed by atoms with van der Waals surface area (Å²) in [6, 6.07) is 15.2. The van der Waals surface area contributed by atoms with E-state index < -0.39 is 17.1 Å². The molecular weight excluding hydrogens is 367 g/mol. The fourth-order valence-electron chi connectivity index (χ4n) is 2.53. The fourth-order valence-corrected chi connectivity index (χ4v) is 3.37. The van der Waals surface area contributed by atoms with Gasteiger partial charge in [0.25, 0.3) is 11.1 Å². The van der Waals surface area contributed by atoms with Gasteiger partial charge in [-0.2, -0.15) is 0 Å². The minimum Gasteiger partial charge on any atom is -0.354 e. The van der Waals surface area contributed by atoms with Crippen molar-refractivity contribution in [2.24, 2.45) is 0 Å². The molecule has 5 nitrogen and oxygen atoms in total. The Morgan fingerprint density at radius 1 is 1.07 bits per heavy atom. The number of hydrogen-bond donors (Lipinski definition) is 1. The van der Waals surface area contributed by atoms with Gasteiger partial charge in [0.05, 0.1) is 4.91 Å². The van der Waals surface area contributed by atoms with Gasteiger partial charge in [-0.25, -0.2) is 4.39 Å². The summed E-state index contributed by atoms with van der Waals surface area (Å²) in [5.74, 6) is -1.20. The van der Waals surface area contributed by atoms with E-state index in [2.05, 4.69) is 5.32 Å². The second-order valence-electron chi connectivity index (χ2n) is 5.90. The number of nitrogens with zero attached hydrogens (tertiary/aromatic N) is 1. The first-order valence-electron chi connectivity index (χ1n) is 8.34. The highest BCUT2D eigenvalue weighted by atomic mass is 32.2. The maximum Gasteiger partial charge on any atom is 0.294 e. The van der Waals surface area contributed by atoms with Crippen LogP contribution < -0.4 is 5.32 Å². The topological polar surface area (TPSA) is 66.5 Å². The van der Waals surface area contributed by atoms with Crippen molar-refractivity contribution >= 4 is 34.9 Å². The van der Waals surface area contributed by atoms with Crippen molar-refractivity contribution in [1.82, 2.24) is 10.2 Å². The van der Waals surface area contributed by atoms with E-state index in [1.807, 2.05) is 30.3 Å². The molecule has 0 spiro atoms. The van der Waals surface area contributed by atoms with Crippen LogP contribution in [-0.2, 0) is 16.0 Å². The molecule has 0 aliphatic carbocycles. The maximum absolute atomic E-state index is 12.9. The normalized spacial score (nSPS) is 15.4. The molecule has 0 radical (unpaired) electrons. The molecule has 2 aromatic rings. The van der Waals surface area contributed by atoms with Gasteiger partial charge >= 0.3 is 0 Å². The van der Waals surface area contributed by atoms with Gasteiger partial charge < -0.3 is 5.32 Å². The zero-order chi connectivity index (χ0) is 19.2. The van der Waals surface area contributed by atoms with Gasteiger partial charge in [0, 0.05) is 6.54 Å². The molecule has 3 amide bonds. The molecule has 0 unspecified atom stereocenters. The van der Waals surface area contributed by atoms with E-state index in [0.717, 1.165) is 27.8 Å². The summed E-state index contributed by atoms with van der Waals surface area (Å²) in [7, 11) is 0. The number of amides is 3. The molecule has 3 rings (SSSR count). The van der Waals surface area contributed by atoms with E-state index in [0.29, 0.717) is 17.9 Å². The first kappa shape index (κ1) is 18.8. The molecule has 1 heterocycles. The molecule has 1 fully saturated rings. The Morgan fingerprint density at radius 3 is 2.48 bits per heavy atom. The summed E-state index contributed by atoms with van der Waals surface area (Å²) in [6.45, 7) is 0.0146. The first-order chi connectivity index (χ1) is 13.0. The number of imide groups is 1. The highest BCUT2D eigenvalue weighted by molar-refractivity contribution is 8.18. The lowest BCUT2D eigenvalue weighted by Crippen LogP contribution is -2.40. The lowest BCUT2D eigenvalue weighted by Gasteiger charge is -2.12. The Morgan fingerprint density at radius 2 is 1.78 bits per heavy atom.